The average molecular weight is 508 g/mol. The van der Waals surface area contributed by atoms with Crippen LogP contribution in [0.2, 0.25) is 0 Å². The SMILES string of the molecule is CO[C@H]1C[C@@]2(CCOc3ccc(C#N)cc3)O[C@]1(C)[C@@H]1C(=O)N(c3ccc(C#N)c4ccccc34)C(=O)[C@@H]12. The lowest BCUT2D eigenvalue weighted by Crippen LogP contribution is -2.50. The summed E-state index contributed by atoms with van der Waals surface area (Å²) in [4.78, 5) is 29.4. The molecule has 0 aliphatic carbocycles. The lowest BCUT2D eigenvalue weighted by atomic mass is 9.66. The maximum absolute atomic E-state index is 14.1. The Balaban J connectivity index is 1.35. The Bertz CT molecular complexity index is 1550. The Labute approximate surface area is 219 Å². The molecule has 5 atom stereocenters. The standard InChI is InChI=1S/C30H25N3O5/c1-29-24(36-2)15-30(38-29,13-14-37-20-10-7-18(16-31)8-11-20)26-25(29)27(34)33(28(26)35)23-12-9-19(17-32)21-5-3-4-6-22(21)23/h3-12,24-26H,13-15H2,1-2H3/t24-,25-,26+,29-,30+/m0/s1. The van der Waals surface area contributed by atoms with Crippen molar-refractivity contribution in [3.05, 3.63) is 71.8 Å². The second-order valence-corrected chi connectivity index (χ2v) is 10.3. The van der Waals surface area contributed by atoms with Gasteiger partial charge < -0.3 is 14.2 Å². The molecular formula is C30H25N3O5. The number of fused-ring (bicyclic) bond motifs is 6. The van der Waals surface area contributed by atoms with E-state index in [0.29, 0.717) is 46.2 Å². The zero-order valence-corrected chi connectivity index (χ0v) is 21.0. The van der Waals surface area contributed by atoms with E-state index in [1.807, 2.05) is 31.2 Å². The van der Waals surface area contributed by atoms with Crippen molar-refractivity contribution in [2.24, 2.45) is 11.8 Å². The normalized spacial score (nSPS) is 29.4. The fourth-order valence-electron chi connectivity index (χ4n) is 6.70. The van der Waals surface area contributed by atoms with Crippen LogP contribution in [0.4, 0.5) is 5.69 Å². The van der Waals surface area contributed by atoms with Gasteiger partial charge >= 0.3 is 0 Å². The fraction of sp³-hybridized carbons (Fsp3) is 0.333. The topological polar surface area (TPSA) is 113 Å². The van der Waals surface area contributed by atoms with E-state index in [1.165, 1.54) is 4.90 Å². The first-order chi connectivity index (χ1) is 18.4. The molecule has 0 radical (unpaired) electrons. The molecule has 2 bridgehead atoms. The first-order valence-electron chi connectivity index (χ1n) is 12.5. The van der Waals surface area contributed by atoms with Crippen molar-refractivity contribution in [1.29, 1.82) is 10.5 Å². The van der Waals surface area contributed by atoms with Gasteiger partial charge in [0.2, 0.25) is 11.8 Å². The number of methoxy groups -OCH3 is 1. The van der Waals surface area contributed by atoms with Crippen LogP contribution in [0.1, 0.15) is 30.9 Å². The number of ether oxygens (including phenoxy) is 3. The summed E-state index contributed by atoms with van der Waals surface area (Å²) in [5, 5.41) is 19.9. The summed E-state index contributed by atoms with van der Waals surface area (Å²) in [6.07, 6.45) is 0.511. The molecule has 3 saturated heterocycles. The number of imide groups is 1. The highest BCUT2D eigenvalue weighted by atomic mass is 16.6. The van der Waals surface area contributed by atoms with Crippen LogP contribution in [-0.2, 0) is 19.1 Å². The summed E-state index contributed by atoms with van der Waals surface area (Å²) in [6, 6.07) is 21.7. The second-order valence-electron chi connectivity index (χ2n) is 10.3. The number of anilines is 1. The molecule has 0 saturated carbocycles. The number of hydrogen-bond donors (Lipinski definition) is 0. The molecule has 2 amide bonds. The van der Waals surface area contributed by atoms with Gasteiger partial charge in [-0.2, -0.15) is 10.5 Å². The third kappa shape index (κ3) is 3.28. The monoisotopic (exact) mass is 507 g/mol. The van der Waals surface area contributed by atoms with Crippen LogP contribution in [0.5, 0.6) is 5.75 Å². The summed E-state index contributed by atoms with van der Waals surface area (Å²) in [5.74, 6) is -1.37. The summed E-state index contributed by atoms with van der Waals surface area (Å²) >= 11 is 0. The molecule has 8 heteroatoms. The first kappa shape index (κ1) is 24.1. The first-order valence-corrected chi connectivity index (χ1v) is 12.5. The van der Waals surface area contributed by atoms with Gasteiger partial charge in [0, 0.05) is 30.7 Å². The average Bonchev–Trinajstić information content (AvgIpc) is 3.49. The van der Waals surface area contributed by atoms with Crippen molar-refractivity contribution >= 4 is 28.3 Å². The van der Waals surface area contributed by atoms with Crippen LogP contribution in [-0.4, -0.2) is 42.8 Å². The molecule has 0 spiro atoms. The number of nitriles is 2. The summed E-state index contributed by atoms with van der Waals surface area (Å²) in [7, 11) is 1.60. The van der Waals surface area contributed by atoms with Gasteiger partial charge in [-0.15, -0.1) is 0 Å². The van der Waals surface area contributed by atoms with Gasteiger partial charge in [-0.3, -0.25) is 9.59 Å². The van der Waals surface area contributed by atoms with E-state index in [-0.39, 0.29) is 24.5 Å². The van der Waals surface area contributed by atoms with Crippen LogP contribution in [0, 0.1) is 34.5 Å². The Morgan fingerprint density at radius 2 is 1.68 bits per heavy atom. The Hall–Kier alpha value is -4.24. The molecule has 3 aromatic rings. The molecule has 6 rings (SSSR count). The lowest BCUT2D eigenvalue weighted by molar-refractivity contribution is -0.135. The number of nitrogens with zero attached hydrogens (tertiary/aromatic N) is 3. The molecule has 3 fully saturated rings. The minimum Gasteiger partial charge on any atom is -0.493 e. The minimum atomic E-state index is -0.961. The molecule has 38 heavy (non-hydrogen) atoms. The quantitative estimate of drug-likeness (QED) is 0.462. The number of carbonyl (C=O) groups excluding carboxylic acids is 2. The predicted molar refractivity (Wildman–Crippen MR) is 137 cm³/mol. The zero-order valence-electron chi connectivity index (χ0n) is 21.0. The highest BCUT2D eigenvalue weighted by Crippen LogP contribution is 2.63. The van der Waals surface area contributed by atoms with Gasteiger partial charge in [0.1, 0.15) is 11.4 Å². The minimum absolute atomic E-state index is 0.267. The number of amides is 2. The van der Waals surface area contributed by atoms with Gasteiger partial charge in [0.05, 0.1) is 59.1 Å². The van der Waals surface area contributed by atoms with Crippen LogP contribution in [0.3, 0.4) is 0 Å². The van der Waals surface area contributed by atoms with Gasteiger partial charge in [-0.05, 0) is 43.3 Å². The van der Waals surface area contributed by atoms with Crippen molar-refractivity contribution in [2.75, 3.05) is 18.6 Å². The van der Waals surface area contributed by atoms with Crippen molar-refractivity contribution in [1.82, 2.24) is 0 Å². The van der Waals surface area contributed by atoms with Crippen molar-refractivity contribution in [3.63, 3.8) is 0 Å². The van der Waals surface area contributed by atoms with E-state index < -0.39 is 23.0 Å². The lowest BCUT2D eigenvalue weighted by Gasteiger charge is -2.35. The maximum atomic E-state index is 14.1. The second kappa shape index (κ2) is 8.66. The highest BCUT2D eigenvalue weighted by Gasteiger charge is 2.77. The van der Waals surface area contributed by atoms with E-state index in [1.54, 1.807) is 43.5 Å². The number of rotatable bonds is 6. The summed E-state index contributed by atoms with van der Waals surface area (Å²) < 4.78 is 18.3. The van der Waals surface area contributed by atoms with Crippen LogP contribution >= 0.6 is 0 Å². The molecule has 3 heterocycles. The molecule has 0 aromatic heterocycles. The van der Waals surface area contributed by atoms with Crippen molar-refractivity contribution in [3.8, 4) is 17.9 Å². The number of hydrogen-bond acceptors (Lipinski definition) is 7. The van der Waals surface area contributed by atoms with Gasteiger partial charge in [0.15, 0.2) is 0 Å². The van der Waals surface area contributed by atoms with E-state index in [4.69, 9.17) is 19.5 Å². The fourth-order valence-corrected chi connectivity index (χ4v) is 6.70. The molecule has 3 aliphatic rings. The van der Waals surface area contributed by atoms with Crippen LogP contribution in [0.15, 0.2) is 60.7 Å². The van der Waals surface area contributed by atoms with E-state index in [9.17, 15) is 14.9 Å². The zero-order chi connectivity index (χ0) is 26.7. The molecule has 8 nitrogen and oxygen atoms in total. The van der Waals surface area contributed by atoms with Gasteiger partial charge in [0.25, 0.3) is 0 Å². The number of carbonyl (C=O) groups is 2. The summed E-state index contributed by atoms with van der Waals surface area (Å²) in [5.41, 5.74) is -0.383. The Morgan fingerprint density at radius 1 is 0.974 bits per heavy atom. The van der Waals surface area contributed by atoms with Crippen LogP contribution < -0.4 is 9.64 Å². The van der Waals surface area contributed by atoms with Gasteiger partial charge in [-0.1, -0.05) is 24.3 Å². The molecular weight excluding hydrogens is 482 g/mol. The molecule has 3 aliphatic heterocycles. The Kier molecular flexibility index (Phi) is 5.50. The number of benzene rings is 3. The largest absolute Gasteiger partial charge is 0.493 e. The molecule has 0 unspecified atom stereocenters. The summed E-state index contributed by atoms with van der Waals surface area (Å²) in [6.45, 7) is 2.13. The predicted octanol–water partition coefficient (Wildman–Crippen LogP) is 4.10. The molecule has 3 aromatic carbocycles. The smallest absolute Gasteiger partial charge is 0.240 e. The molecule has 190 valence electrons. The van der Waals surface area contributed by atoms with Crippen LogP contribution in [0.25, 0.3) is 10.8 Å². The van der Waals surface area contributed by atoms with E-state index in [2.05, 4.69) is 12.1 Å². The van der Waals surface area contributed by atoms with Gasteiger partial charge in [-0.25, -0.2) is 4.90 Å². The van der Waals surface area contributed by atoms with E-state index in [0.717, 1.165) is 0 Å². The highest BCUT2D eigenvalue weighted by molar-refractivity contribution is 6.26. The molecule has 0 N–H and O–H groups in total. The van der Waals surface area contributed by atoms with Crippen molar-refractivity contribution in [2.45, 2.75) is 37.1 Å². The Morgan fingerprint density at radius 3 is 2.37 bits per heavy atom. The maximum Gasteiger partial charge on any atom is 0.240 e. The van der Waals surface area contributed by atoms with Crippen molar-refractivity contribution < 1.29 is 23.8 Å². The third-order valence-corrected chi connectivity index (χ3v) is 8.41. The third-order valence-electron chi connectivity index (χ3n) is 8.41. The van der Waals surface area contributed by atoms with E-state index >= 15 is 0 Å².